The number of hydrogen-bond acceptors (Lipinski definition) is 2. The van der Waals surface area contributed by atoms with E-state index in [9.17, 15) is 0 Å². The Labute approximate surface area is 107 Å². The van der Waals surface area contributed by atoms with Gasteiger partial charge in [-0.1, -0.05) is 41.9 Å². The molecule has 0 saturated carbocycles. The molecule has 78 valence electrons. The van der Waals surface area contributed by atoms with Crippen LogP contribution in [0.3, 0.4) is 0 Å². The molecular formula is C12H6BrClN2. The summed E-state index contributed by atoms with van der Waals surface area (Å²) in [7, 11) is 0. The summed E-state index contributed by atoms with van der Waals surface area (Å²) in [5.74, 6) is 0. The summed E-state index contributed by atoms with van der Waals surface area (Å²) in [4.78, 5) is 4.21. The average molecular weight is 294 g/mol. The van der Waals surface area contributed by atoms with Crippen molar-refractivity contribution in [2.24, 2.45) is 0 Å². The number of pyridine rings is 1. The van der Waals surface area contributed by atoms with Crippen LogP contribution >= 0.6 is 27.5 Å². The molecule has 2 rings (SSSR count). The van der Waals surface area contributed by atoms with Crippen molar-refractivity contribution >= 4 is 27.5 Å². The zero-order chi connectivity index (χ0) is 11.5. The fraction of sp³-hybridized carbons (Fsp3) is 0. The van der Waals surface area contributed by atoms with Gasteiger partial charge in [-0.3, -0.25) is 0 Å². The topological polar surface area (TPSA) is 36.7 Å². The Balaban J connectivity index is 2.66. The van der Waals surface area contributed by atoms with Gasteiger partial charge >= 0.3 is 0 Å². The van der Waals surface area contributed by atoms with Crippen LogP contribution < -0.4 is 0 Å². The third kappa shape index (κ3) is 2.08. The van der Waals surface area contributed by atoms with Crippen LogP contribution in [0.25, 0.3) is 11.3 Å². The summed E-state index contributed by atoms with van der Waals surface area (Å²) in [6, 6.07) is 13.3. The van der Waals surface area contributed by atoms with Gasteiger partial charge in [0.05, 0.1) is 15.7 Å². The van der Waals surface area contributed by atoms with Gasteiger partial charge in [0, 0.05) is 5.56 Å². The monoisotopic (exact) mass is 292 g/mol. The van der Waals surface area contributed by atoms with Gasteiger partial charge in [-0.25, -0.2) is 4.98 Å². The minimum absolute atomic E-state index is 0.359. The van der Waals surface area contributed by atoms with Crippen LogP contribution in [0, 0.1) is 11.3 Å². The molecule has 1 aromatic carbocycles. The van der Waals surface area contributed by atoms with E-state index in [1.54, 1.807) is 6.07 Å². The van der Waals surface area contributed by atoms with Gasteiger partial charge in [0.25, 0.3) is 0 Å². The molecule has 2 nitrogen and oxygen atoms in total. The Kier molecular flexibility index (Phi) is 3.23. The molecule has 0 bridgehead atoms. The van der Waals surface area contributed by atoms with Crippen molar-refractivity contribution in [2.45, 2.75) is 0 Å². The number of benzene rings is 1. The van der Waals surface area contributed by atoms with E-state index in [-0.39, 0.29) is 0 Å². The van der Waals surface area contributed by atoms with E-state index in [2.05, 4.69) is 27.0 Å². The van der Waals surface area contributed by atoms with E-state index in [1.165, 1.54) is 0 Å². The third-order valence-corrected chi connectivity index (χ3v) is 3.22. The number of halogens is 2. The van der Waals surface area contributed by atoms with Gasteiger partial charge in [-0.2, -0.15) is 5.26 Å². The highest BCUT2D eigenvalue weighted by Crippen LogP contribution is 2.28. The summed E-state index contributed by atoms with van der Waals surface area (Å²) in [6.45, 7) is 0. The average Bonchev–Trinajstić information content (AvgIpc) is 2.33. The molecule has 0 aliphatic heterocycles. The molecule has 16 heavy (non-hydrogen) atoms. The lowest BCUT2D eigenvalue weighted by Gasteiger charge is -2.05. The molecule has 0 saturated heterocycles. The van der Waals surface area contributed by atoms with Gasteiger partial charge in [0.2, 0.25) is 0 Å². The van der Waals surface area contributed by atoms with Crippen molar-refractivity contribution in [3.05, 3.63) is 51.6 Å². The molecule has 0 amide bonds. The first-order chi connectivity index (χ1) is 7.72. The molecule has 0 aliphatic carbocycles. The molecule has 0 fully saturated rings. The highest BCUT2D eigenvalue weighted by Gasteiger charge is 2.10. The standard InChI is InChI=1S/C12H6BrClN2/c13-10-6-9(7-15)11(16-12(10)14)8-4-2-1-3-5-8/h1-6H. The lowest BCUT2D eigenvalue weighted by atomic mass is 10.1. The molecule has 1 heterocycles. The number of rotatable bonds is 1. The molecule has 0 N–H and O–H groups in total. The van der Waals surface area contributed by atoms with Crippen molar-refractivity contribution < 1.29 is 0 Å². The predicted octanol–water partition coefficient (Wildman–Crippen LogP) is 4.04. The van der Waals surface area contributed by atoms with E-state index >= 15 is 0 Å². The molecule has 0 atom stereocenters. The number of nitriles is 1. The number of hydrogen-bond donors (Lipinski definition) is 0. The first-order valence-corrected chi connectivity index (χ1v) is 5.71. The third-order valence-electron chi connectivity index (χ3n) is 2.10. The lowest BCUT2D eigenvalue weighted by Crippen LogP contribution is -1.90. The second kappa shape index (κ2) is 4.65. The van der Waals surface area contributed by atoms with Crippen LogP contribution in [-0.4, -0.2) is 4.98 Å². The zero-order valence-electron chi connectivity index (χ0n) is 8.11. The molecular weight excluding hydrogens is 288 g/mol. The smallest absolute Gasteiger partial charge is 0.144 e. The first kappa shape index (κ1) is 11.1. The molecule has 2 aromatic rings. The van der Waals surface area contributed by atoms with Crippen LogP contribution in [-0.2, 0) is 0 Å². The van der Waals surface area contributed by atoms with Crippen molar-refractivity contribution in [1.82, 2.24) is 4.98 Å². The normalized spacial score (nSPS) is 9.81. The molecule has 0 radical (unpaired) electrons. The fourth-order valence-electron chi connectivity index (χ4n) is 1.37. The summed E-state index contributed by atoms with van der Waals surface area (Å²) in [5.41, 5.74) is 1.99. The highest BCUT2D eigenvalue weighted by molar-refractivity contribution is 9.10. The Hall–Kier alpha value is -1.37. The van der Waals surface area contributed by atoms with E-state index < -0.39 is 0 Å². The first-order valence-electron chi connectivity index (χ1n) is 4.54. The second-order valence-corrected chi connectivity index (χ2v) is 4.35. The summed E-state index contributed by atoms with van der Waals surface area (Å²) < 4.78 is 0.630. The minimum Gasteiger partial charge on any atom is -0.234 e. The van der Waals surface area contributed by atoms with Gasteiger partial charge in [0.15, 0.2) is 0 Å². The van der Waals surface area contributed by atoms with Gasteiger partial charge in [-0.05, 0) is 22.0 Å². The van der Waals surface area contributed by atoms with Gasteiger partial charge in [0.1, 0.15) is 11.2 Å². The van der Waals surface area contributed by atoms with Crippen LogP contribution in [0.15, 0.2) is 40.9 Å². The van der Waals surface area contributed by atoms with Crippen molar-refractivity contribution in [3.8, 4) is 17.3 Å². The van der Waals surface area contributed by atoms with E-state index in [1.807, 2.05) is 30.3 Å². The predicted molar refractivity (Wildman–Crippen MR) is 67.1 cm³/mol. The Morgan fingerprint density at radius 2 is 1.94 bits per heavy atom. The maximum absolute atomic E-state index is 9.04. The quantitative estimate of drug-likeness (QED) is 0.744. The molecule has 0 unspecified atom stereocenters. The Bertz CT molecular complexity index is 561. The van der Waals surface area contributed by atoms with E-state index in [0.29, 0.717) is 20.9 Å². The summed E-state index contributed by atoms with van der Waals surface area (Å²) in [5, 5.41) is 9.40. The molecule has 0 aliphatic rings. The zero-order valence-corrected chi connectivity index (χ0v) is 10.5. The lowest BCUT2D eigenvalue weighted by molar-refractivity contribution is 1.28. The number of nitrogens with zero attached hydrogens (tertiary/aromatic N) is 2. The van der Waals surface area contributed by atoms with Crippen LogP contribution in [0.2, 0.25) is 5.15 Å². The van der Waals surface area contributed by atoms with Crippen molar-refractivity contribution in [2.75, 3.05) is 0 Å². The largest absolute Gasteiger partial charge is 0.234 e. The maximum Gasteiger partial charge on any atom is 0.144 e. The van der Waals surface area contributed by atoms with E-state index in [4.69, 9.17) is 16.9 Å². The number of aromatic nitrogens is 1. The van der Waals surface area contributed by atoms with Crippen molar-refractivity contribution in [1.29, 1.82) is 5.26 Å². The minimum atomic E-state index is 0.359. The second-order valence-electron chi connectivity index (χ2n) is 3.13. The molecule has 0 spiro atoms. The highest BCUT2D eigenvalue weighted by atomic mass is 79.9. The summed E-state index contributed by atoms with van der Waals surface area (Å²) in [6.07, 6.45) is 0. The molecule has 4 heteroatoms. The SMILES string of the molecule is N#Cc1cc(Br)c(Cl)nc1-c1ccccc1. The molecule has 1 aromatic heterocycles. The Morgan fingerprint density at radius 3 is 2.56 bits per heavy atom. The van der Waals surface area contributed by atoms with E-state index in [0.717, 1.165) is 5.56 Å². The Morgan fingerprint density at radius 1 is 1.25 bits per heavy atom. The fourth-order valence-corrected chi connectivity index (χ4v) is 1.82. The van der Waals surface area contributed by atoms with Crippen molar-refractivity contribution in [3.63, 3.8) is 0 Å². The van der Waals surface area contributed by atoms with Crippen LogP contribution in [0.4, 0.5) is 0 Å². The van der Waals surface area contributed by atoms with Gasteiger partial charge < -0.3 is 0 Å². The van der Waals surface area contributed by atoms with Gasteiger partial charge in [-0.15, -0.1) is 0 Å². The van der Waals surface area contributed by atoms with Crippen LogP contribution in [0.1, 0.15) is 5.56 Å². The summed E-state index contributed by atoms with van der Waals surface area (Å²) >= 11 is 9.17. The van der Waals surface area contributed by atoms with Crippen LogP contribution in [0.5, 0.6) is 0 Å². The maximum atomic E-state index is 9.04.